The molecule has 1 aromatic rings. The SMILES string of the molecule is O=C(Nc1ccc(F)cc1)C(=O)N1CCCNCC1. The molecular weight excluding hydrogens is 249 g/mol. The zero-order valence-corrected chi connectivity index (χ0v) is 10.5. The van der Waals surface area contributed by atoms with Gasteiger partial charge in [-0.2, -0.15) is 0 Å². The van der Waals surface area contributed by atoms with Crippen LogP contribution in [0, 0.1) is 5.82 Å². The van der Waals surface area contributed by atoms with Crippen LogP contribution in [0.4, 0.5) is 10.1 Å². The van der Waals surface area contributed by atoms with Gasteiger partial charge in [0.1, 0.15) is 5.82 Å². The van der Waals surface area contributed by atoms with Crippen molar-refractivity contribution >= 4 is 17.5 Å². The molecule has 19 heavy (non-hydrogen) atoms. The van der Waals surface area contributed by atoms with Crippen molar-refractivity contribution in [2.24, 2.45) is 0 Å². The highest BCUT2D eigenvalue weighted by Gasteiger charge is 2.22. The highest BCUT2D eigenvalue weighted by atomic mass is 19.1. The molecule has 0 atom stereocenters. The van der Waals surface area contributed by atoms with Gasteiger partial charge >= 0.3 is 11.8 Å². The Morgan fingerprint density at radius 2 is 1.89 bits per heavy atom. The first kappa shape index (κ1) is 13.5. The zero-order valence-electron chi connectivity index (χ0n) is 10.5. The Balaban J connectivity index is 1.94. The summed E-state index contributed by atoms with van der Waals surface area (Å²) in [6, 6.07) is 5.31. The molecule has 1 saturated heterocycles. The summed E-state index contributed by atoms with van der Waals surface area (Å²) in [6.45, 7) is 2.64. The number of carbonyl (C=O) groups is 2. The number of anilines is 1. The summed E-state index contributed by atoms with van der Waals surface area (Å²) in [5.74, 6) is -1.62. The fourth-order valence-electron chi connectivity index (χ4n) is 1.91. The van der Waals surface area contributed by atoms with Crippen molar-refractivity contribution < 1.29 is 14.0 Å². The molecule has 1 aliphatic heterocycles. The summed E-state index contributed by atoms with van der Waals surface area (Å²) in [4.78, 5) is 25.3. The highest BCUT2D eigenvalue weighted by Crippen LogP contribution is 2.08. The van der Waals surface area contributed by atoms with E-state index in [9.17, 15) is 14.0 Å². The number of carbonyl (C=O) groups excluding carboxylic acids is 2. The lowest BCUT2D eigenvalue weighted by Crippen LogP contribution is -2.41. The fraction of sp³-hybridized carbons (Fsp3) is 0.385. The third-order valence-electron chi connectivity index (χ3n) is 2.92. The van der Waals surface area contributed by atoms with Crippen molar-refractivity contribution in [2.75, 3.05) is 31.5 Å². The molecular formula is C13H16FN3O2. The number of amides is 2. The monoisotopic (exact) mass is 265 g/mol. The molecule has 2 rings (SSSR count). The maximum absolute atomic E-state index is 12.7. The van der Waals surface area contributed by atoms with Crippen molar-refractivity contribution in [3.8, 4) is 0 Å². The number of halogens is 1. The first-order chi connectivity index (χ1) is 9.16. The standard InChI is InChI=1S/C13H16FN3O2/c14-10-2-4-11(5-3-10)16-12(18)13(19)17-8-1-6-15-7-9-17/h2-5,15H,1,6-9H2,(H,16,18). The molecule has 2 N–H and O–H groups in total. The maximum atomic E-state index is 12.7. The summed E-state index contributed by atoms with van der Waals surface area (Å²) in [5, 5.41) is 5.63. The molecule has 5 nitrogen and oxygen atoms in total. The summed E-state index contributed by atoms with van der Waals surface area (Å²) in [5.41, 5.74) is 0.410. The van der Waals surface area contributed by atoms with Gasteiger partial charge in [0.15, 0.2) is 0 Å². The second kappa shape index (κ2) is 6.29. The molecule has 0 aliphatic carbocycles. The van der Waals surface area contributed by atoms with E-state index in [2.05, 4.69) is 10.6 Å². The summed E-state index contributed by atoms with van der Waals surface area (Å²) in [6.07, 6.45) is 0.829. The quantitative estimate of drug-likeness (QED) is 0.730. The van der Waals surface area contributed by atoms with Gasteiger partial charge in [-0.3, -0.25) is 9.59 Å². The average molecular weight is 265 g/mol. The lowest BCUT2D eigenvalue weighted by Gasteiger charge is -2.19. The number of hydrogen-bond donors (Lipinski definition) is 2. The van der Waals surface area contributed by atoms with E-state index in [0.717, 1.165) is 13.0 Å². The Hall–Kier alpha value is -1.95. The molecule has 0 unspecified atom stereocenters. The Kier molecular flexibility index (Phi) is 4.46. The van der Waals surface area contributed by atoms with Crippen LogP contribution in [0.25, 0.3) is 0 Å². The lowest BCUT2D eigenvalue weighted by atomic mass is 10.3. The largest absolute Gasteiger partial charge is 0.333 e. The minimum Gasteiger partial charge on any atom is -0.333 e. The molecule has 0 radical (unpaired) electrons. The maximum Gasteiger partial charge on any atom is 0.313 e. The summed E-state index contributed by atoms with van der Waals surface area (Å²) in [7, 11) is 0. The third-order valence-corrected chi connectivity index (χ3v) is 2.92. The van der Waals surface area contributed by atoms with Crippen molar-refractivity contribution in [3.05, 3.63) is 30.1 Å². The molecule has 0 spiro atoms. The number of nitrogens with one attached hydrogen (secondary N) is 2. The van der Waals surface area contributed by atoms with Crippen LogP contribution in [0.2, 0.25) is 0 Å². The van der Waals surface area contributed by atoms with E-state index in [0.29, 0.717) is 25.3 Å². The second-order valence-electron chi connectivity index (χ2n) is 4.36. The van der Waals surface area contributed by atoms with Crippen molar-refractivity contribution in [1.82, 2.24) is 10.2 Å². The molecule has 1 aromatic carbocycles. The van der Waals surface area contributed by atoms with Gasteiger partial charge in [0.05, 0.1) is 0 Å². The van der Waals surface area contributed by atoms with Crippen LogP contribution in [0.3, 0.4) is 0 Å². The highest BCUT2D eigenvalue weighted by molar-refractivity contribution is 6.39. The van der Waals surface area contributed by atoms with Crippen LogP contribution in [-0.4, -0.2) is 42.9 Å². The predicted octanol–water partition coefficient (Wildman–Crippen LogP) is 0.586. The van der Waals surface area contributed by atoms with Gasteiger partial charge in [-0.05, 0) is 37.2 Å². The van der Waals surface area contributed by atoms with Gasteiger partial charge < -0.3 is 15.5 Å². The average Bonchev–Trinajstić information content (AvgIpc) is 2.69. The first-order valence-corrected chi connectivity index (χ1v) is 6.23. The Labute approximate surface area is 110 Å². The normalized spacial score (nSPS) is 15.7. The molecule has 1 aliphatic rings. The zero-order chi connectivity index (χ0) is 13.7. The number of nitrogens with zero attached hydrogens (tertiary/aromatic N) is 1. The Bertz CT molecular complexity index is 453. The minimum atomic E-state index is -0.687. The van der Waals surface area contributed by atoms with Crippen LogP contribution in [0.1, 0.15) is 6.42 Å². The van der Waals surface area contributed by atoms with E-state index in [1.54, 1.807) is 0 Å². The molecule has 0 saturated carbocycles. The topological polar surface area (TPSA) is 61.4 Å². The van der Waals surface area contributed by atoms with E-state index in [-0.39, 0.29) is 5.82 Å². The van der Waals surface area contributed by atoms with E-state index in [1.165, 1.54) is 29.2 Å². The first-order valence-electron chi connectivity index (χ1n) is 6.23. The minimum absolute atomic E-state index is 0.386. The molecule has 6 heteroatoms. The fourth-order valence-corrected chi connectivity index (χ4v) is 1.91. The molecule has 102 valence electrons. The molecule has 0 aromatic heterocycles. The number of benzene rings is 1. The Morgan fingerprint density at radius 1 is 1.16 bits per heavy atom. The van der Waals surface area contributed by atoms with Gasteiger partial charge in [0.25, 0.3) is 0 Å². The number of hydrogen-bond acceptors (Lipinski definition) is 3. The summed E-state index contributed by atoms with van der Waals surface area (Å²) >= 11 is 0. The lowest BCUT2D eigenvalue weighted by molar-refractivity contribution is -0.143. The Morgan fingerprint density at radius 3 is 2.63 bits per heavy atom. The van der Waals surface area contributed by atoms with Crippen LogP contribution in [0.15, 0.2) is 24.3 Å². The summed E-state index contributed by atoms with van der Waals surface area (Å²) < 4.78 is 12.7. The third kappa shape index (κ3) is 3.75. The van der Waals surface area contributed by atoms with E-state index in [1.807, 2.05) is 0 Å². The van der Waals surface area contributed by atoms with Crippen LogP contribution in [0.5, 0.6) is 0 Å². The van der Waals surface area contributed by atoms with Gasteiger partial charge in [0.2, 0.25) is 0 Å². The van der Waals surface area contributed by atoms with Crippen molar-refractivity contribution in [2.45, 2.75) is 6.42 Å². The van der Waals surface area contributed by atoms with Crippen LogP contribution >= 0.6 is 0 Å². The smallest absolute Gasteiger partial charge is 0.313 e. The van der Waals surface area contributed by atoms with Gasteiger partial charge in [0, 0.05) is 25.3 Å². The number of rotatable bonds is 1. The molecule has 1 fully saturated rings. The van der Waals surface area contributed by atoms with Crippen molar-refractivity contribution in [1.29, 1.82) is 0 Å². The predicted molar refractivity (Wildman–Crippen MR) is 69.1 cm³/mol. The van der Waals surface area contributed by atoms with E-state index < -0.39 is 11.8 Å². The van der Waals surface area contributed by atoms with E-state index >= 15 is 0 Å². The van der Waals surface area contributed by atoms with Gasteiger partial charge in [-0.25, -0.2) is 4.39 Å². The second-order valence-corrected chi connectivity index (χ2v) is 4.36. The molecule has 2 amide bonds. The van der Waals surface area contributed by atoms with Crippen molar-refractivity contribution in [3.63, 3.8) is 0 Å². The van der Waals surface area contributed by atoms with Gasteiger partial charge in [-0.15, -0.1) is 0 Å². The van der Waals surface area contributed by atoms with Crippen LogP contribution in [-0.2, 0) is 9.59 Å². The molecule has 1 heterocycles. The van der Waals surface area contributed by atoms with Crippen LogP contribution < -0.4 is 10.6 Å². The molecule has 0 bridgehead atoms. The van der Waals surface area contributed by atoms with E-state index in [4.69, 9.17) is 0 Å². The van der Waals surface area contributed by atoms with Gasteiger partial charge in [-0.1, -0.05) is 0 Å².